The number of aliphatic hydroxyl groups is 1. The Bertz CT molecular complexity index is 586. The van der Waals surface area contributed by atoms with E-state index in [0.29, 0.717) is 19.6 Å². The molecule has 0 aliphatic rings. The third-order valence-corrected chi connectivity index (χ3v) is 8.03. The maximum Gasteiger partial charge on any atom is 0.306 e. The van der Waals surface area contributed by atoms with E-state index < -0.39 is 6.10 Å². The second-order valence-corrected chi connectivity index (χ2v) is 12.3. The molecule has 0 saturated carbocycles. The van der Waals surface area contributed by atoms with Crippen LogP contribution in [0.5, 0.6) is 0 Å². The zero-order chi connectivity index (χ0) is 30.6. The van der Waals surface area contributed by atoms with E-state index in [1.165, 1.54) is 141 Å². The summed E-state index contributed by atoms with van der Waals surface area (Å²) in [5.41, 5.74) is 0. The van der Waals surface area contributed by atoms with Gasteiger partial charge in [0.2, 0.25) is 0 Å². The monoisotopic (exact) mass is 593 g/mol. The van der Waals surface area contributed by atoms with E-state index >= 15 is 0 Å². The third-order valence-electron chi connectivity index (χ3n) is 8.03. The molecule has 1 unspecified atom stereocenters. The zero-order valence-electron chi connectivity index (χ0n) is 28.3. The number of esters is 1. The van der Waals surface area contributed by atoms with E-state index in [1.54, 1.807) is 0 Å². The summed E-state index contributed by atoms with van der Waals surface area (Å²) in [6.07, 6.45) is 42.3. The van der Waals surface area contributed by atoms with Crippen molar-refractivity contribution in [3.05, 3.63) is 24.3 Å². The Kier molecular flexibility index (Phi) is 35.1. The molecule has 0 radical (unpaired) electrons. The van der Waals surface area contributed by atoms with Crippen LogP contribution in [0.2, 0.25) is 0 Å². The molecule has 1 N–H and O–H groups in total. The predicted octanol–water partition coefficient (Wildman–Crippen LogP) is 11.6. The summed E-state index contributed by atoms with van der Waals surface area (Å²) in [6.45, 7) is 5.31. The van der Waals surface area contributed by atoms with Crippen LogP contribution in [0, 0.1) is 0 Å². The fraction of sp³-hybridized carbons (Fsp3) is 0.868. The average Bonchev–Trinajstić information content (AvgIpc) is 3.00. The number of ether oxygens (including phenoxy) is 2. The molecule has 4 nitrogen and oxygen atoms in total. The first-order chi connectivity index (χ1) is 20.7. The number of carbonyl (C=O) groups is 1. The van der Waals surface area contributed by atoms with E-state index in [1.807, 2.05) is 0 Å². The fourth-order valence-corrected chi connectivity index (χ4v) is 5.24. The van der Waals surface area contributed by atoms with Gasteiger partial charge < -0.3 is 14.6 Å². The molecule has 0 rings (SSSR count). The Labute approximate surface area is 262 Å². The first-order valence-electron chi connectivity index (χ1n) is 18.4. The lowest BCUT2D eigenvalue weighted by Crippen LogP contribution is -2.27. The van der Waals surface area contributed by atoms with Gasteiger partial charge in [0.25, 0.3) is 0 Å². The predicted molar refractivity (Wildman–Crippen MR) is 182 cm³/mol. The van der Waals surface area contributed by atoms with Crippen LogP contribution in [0.3, 0.4) is 0 Å². The Morgan fingerprint density at radius 3 is 1.48 bits per heavy atom. The van der Waals surface area contributed by atoms with Crippen molar-refractivity contribution >= 4 is 5.97 Å². The normalized spacial score (nSPS) is 12.5. The summed E-state index contributed by atoms with van der Waals surface area (Å²) < 4.78 is 11.1. The van der Waals surface area contributed by atoms with Crippen LogP contribution in [-0.4, -0.2) is 37.0 Å². The van der Waals surface area contributed by atoms with Crippen molar-refractivity contribution < 1.29 is 19.4 Å². The molecular weight excluding hydrogens is 520 g/mol. The zero-order valence-corrected chi connectivity index (χ0v) is 28.3. The second kappa shape index (κ2) is 36.1. The molecule has 0 aliphatic carbocycles. The molecule has 0 fully saturated rings. The average molecular weight is 593 g/mol. The maximum atomic E-state index is 12.0. The SMILES string of the molecule is CCCCCCC/C=C\C/C=C\CCCCCCCCCCCCOCC(CO)OC(=O)CCCCCCCCCC. The minimum absolute atomic E-state index is 0.170. The van der Waals surface area contributed by atoms with Gasteiger partial charge in [0.05, 0.1) is 13.2 Å². The number of aliphatic hydroxyl groups excluding tert-OH is 1. The van der Waals surface area contributed by atoms with Crippen LogP contribution >= 0.6 is 0 Å². The fourth-order valence-electron chi connectivity index (χ4n) is 5.24. The molecular formula is C38H72O4. The van der Waals surface area contributed by atoms with Crippen molar-refractivity contribution in [2.75, 3.05) is 19.8 Å². The van der Waals surface area contributed by atoms with Gasteiger partial charge in [-0.05, 0) is 44.9 Å². The van der Waals surface area contributed by atoms with E-state index in [0.717, 1.165) is 25.7 Å². The Balaban J connectivity index is 3.38. The van der Waals surface area contributed by atoms with E-state index in [9.17, 15) is 9.90 Å². The summed E-state index contributed by atoms with van der Waals surface area (Å²) in [7, 11) is 0. The molecule has 0 aromatic heterocycles. The van der Waals surface area contributed by atoms with Crippen molar-refractivity contribution in [2.24, 2.45) is 0 Å². The lowest BCUT2D eigenvalue weighted by Gasteiger charge is -2.16. The number of allylic oxidation sites excluding steroid dienone is 4. The van der Waals surface area contributed by atoms with Crippen LogP contribution in [0.15, 0.2) is 24.3 Å². The molecule has 0 bridgehead atoms. The number of carbonyl (C=O) groups excluding carboxylic acids is 1. The van der Waals surface area contributed by atoms with Gasteiger partial charge in [-0.3, -0.25) is 4.79 Å². The largest absolute Gasteiger partial charge is 0.457 e. The van der Waals surface area contributed by atoms with E-state index in [-0.39, 0.29) is 12.6 Å². The van der Waals surface area contributed by atoms with Crippen LogP contribution in [0.1, 0.15) is 187 Å². The quantitative estimate of drug-likeness (QED) is 0.0459. The van der Waals surface area contributed by atoms with Crippen molar-refractivity contribution in [1.82, 2.24) is 0 Å². The molecule has 42 heavy (non-hydrogen) atoms. The van der Waals surface area contributed by atoms with Gasteiger partial charge in [-0.2, -0.15) is 0 Å². The summed E-state index contributed by atoms with van der Waals surface area (Å²) >= 11 is 0. The summed E-state index contributed by atoms with van der Waals surface area (Å²) in [4.78, 5) is 12.0. The lowest BCUT2D eigenvalue weighted by molar-refractivity contribution is -0.154. The van der Waals surface area contributed by atoms with Gasteiger partial charge in [0.15, 0.2) is 0 Å². The van der Waals surface area contributed by atoms with Gasteiger partial charge in [0, 0.05) is 13.0 Å². The molecule has 0 spiro atoms. The summed E-state index contributed by atoms with van der Waals surface area (Å²) in [6, 6.07) is 0. The molecule has 0 aromatic carbocycles. The van der Waals surface area contributed by atoms with E-state index in [4.69, 9.17) is 9.47 Å². The van der Waals surface area contributed by atoms with Crippen molar-refractivity contribution in [3.63, 3.8) is 0 Å². The number of rotatable bonds is 34. The van der Waals surface area contributed by atoms with Crippen LogP contribution in [0.4, 0.5) is 0 Å². The van der Waals surface area contributed by atoms with Crippen molar-refractivity contribution in [1.29, 1.82) is 0 Å². The van der Waals surface area contributed by atoms with E-state index in [2.05, 4.69) is 38.2 Å². The lowest BCUT2D eigenvalue weighted by atomic mass is 10.1. The second-order valence-electron chi connectivity index (χ2n) is 12.3. The molecule has 0 aromatic rings. The minimum atomic E-state index is -0.528. The Morgan fingerprint density at radius 2 is 1.00 bits per heavy atom. The number of hydrogen-bond donors (Lipinski definition) is 1. The van der Waals surface area contributed by atoms with Crippen molar-refractivity contribution in [2.45, 2.75) is 193 Å². The highest BCUT2D eigenvalue weighted by Gasteiger charge is 2.13. The van der Waals surface area contributed by atoms with Gasteiger partial charge >= 0.3 is 5.97 Å². The summed E-state index contributed by atoms with van der Waals surface area (Å²) in [5, 5.41) is 9.51. The standard InChI is InChI=1S/C38H72O4/c1-3-5-7-9-11-13-14-15-16-17-18-19-20-21-22-23-24-25-26-28-30-32-34-41-36-37(35-39)42-38(40)33-31-29-27-12-10-8-6-4-2/h14-15,17-18,37,39H,3-13,16,19-36H2,1-2H3/b15-14-,18-17-. The van der Waals surface area contributed by atoms with Crippen LogP contribution in [0.25, 0.3) is 0 Å². The smallest absolute Gasteiger partial charge is 0.306 e. The molecule has 0 heterocycles. The van der Waals surface area contributed by atoms with Crippen LogP contribution in [-0.2, 0) is 14.3 Å². The topological polar surface area (TPSA) is 55.8 Å². The van der Waals surface area contributed by atoms with Gasteiger partial charge in [0.1, 0.15) is 6.10 Å². The third kappa shape index (κ3) is 33.4. The highest BCUT2D eigenvalue weighted by Crippen LogP contribution is 2.13. The molecule has 248 valence electrons. The Hall–Kier alpha value is -1.13. The molecule has 4 heteroatoms. The molecule has 1 atom stereocenters. The first-order valence-corrected chi connectivity index (χ1v) is 18.4. The number of unbranched alkanes of at least 4 members (excludes halogenated alkanes) is 22. The maximum absolute atomic E-state index is 12.0. The highest BCUT2D eigenvalue weighted by molar-refractivity contribution is 5.69. The molecule has 0 saturated heterocycles. The van der Waals surface area contributed by atoms with Crippen LogP contribution < -0.4 is 0 Å². The first kappa shape index (κ1) is 40.9. The minimum Gasteiger partial charge on any atom is -0.457 e. The Morgan fingerprint density at radius 1 is 0.571 bits per heavy atom. The summed E-state index contributed by atoms with van der Waals surface area (Å²) in [5.74, 6) is -0.206. The molecule has 0 aliphatic heterocycles. The van der Waals surface area contributed by atoms with Gasteiger partial charge in [-0.1, -0.05) is 160 Å². The van der Waals surface area contributed by atoms with Gasteiger partial charge in [-0.25, -0.2) is 0 Å². The van der Waals surface area contributed by atoms with Crippen molar-refractivity contribution in [3.8, 4) is 0 Å². The van der Waals surface area contributed by atoms with Gasteiger partial charge in [-0.15, -0.1) is 0 Å². The highest BCUT2D eigenvalue weighted by atomic mass is 16.6. The number of hydrogen-bond acceptors (Lipinski definition) is 4. The molecule has 0 amide bonds.